The smallest absolute Gasteiger partial charge is 0.148 e. The van der Waals surface area contributed by atoms with Crippen molar-refractivity contribution in [3.63, 3.8) is 0 Å². The third-order valence-corrected chi connectivity index (χ3v) is 6.16. The summed E-state index contributed by atoms with van der Waals surface area (Å²) in [5, 5.41) is 19.4. The lowest BCUT2D eigenvalue weighted by atomic mass is 9.60. The van der Waals surface area contributed by atoms with E-state index in [0.717, 1.165) is 24.0 Å². The Balaban J connectivity index is 2.43. The zero-order valence-electron chi connectivity index (χ0n) is 15.6. The highest BCUT2D eigenvalue weighted by molar-refractivity contribution is 5.92. The van der Waals surface area contributed by atoms with E-state index in [1.807, 2.05) is 26.0 Å². The molecule has 0 heterocycles. The minimum absolute atomic E-state index is 0.0859. The van der Waals surface area contributed by atoms with Gasteiger partial charge < -0.3 is 10.2 Å². The molecule has 0 aromatic carbocycles. The van der Waals surface area contributed by atoms with Gasteiger partial charge in [-0.15, -0.1) is 0 Å². The van der Waals surface area contributed by atoms with E-state index < -0.39 is 10.8 Å². The van der Waals surface area contributed by atoms with Gasteiger partial charge in [-0.1, -0.05) is 58.1 Å². The highest BCUT2D eigenvalue weighted by atomic mass is 16.3. The van der Waals surface area contributed by atoms with Gasteiger partial charge in [-0.25, -0.2) is 0 Å². The number of Topliss-reactive ketones (excluding diaryl/α,β-unsaturated/α-hetero) is 1. The molecule has 0 spiro atoms. The van der Waals surface area contributed by atoms with E-state index in [2.05, 4.69) is 6.92 Å². The number of allylic oxidation sites excluding steroid dienone is 1. The average Bonchev–Trinajstić information content (AvgIpc) is 2.51. The molecule has 0 aromatic heterocycles. The van der Waals surface area contributed by atoms with E-state index in [1.165, 1.54) is 32.1 Å². The summed E-state index contributed by atoms with van der Waals surface area (Å²) in [6.45, 7) is 5.88. The predicted octanol–water partition coefficient (Wildman–Crippen LogP) is 4.19. The molecule has 24 heavy (non-hydrogen) atoms. The topological polar surface area (TPSA) is 57.5 Å². The summed E-state index contributed by atoms with van der Waals surface area (Å²) < 4.78 is 0. The van der Waals surface area contributed by atoms with E-state index >= 15 is 0 Å². The number of aliphatic hydroxyl groups is 2. The molecule has 0 saturated heterocycles. The molecule has 1 atom stereocenters. The summed E-state index contributed by atoms with van der Waals surface area (Å²) >= 11 is 0. The largest absolute Gasteiger partial charge is 0.392 e. The second kappa shape index (κ2) is 7.97. The van der Waals surface area contributed by atoms with Gasteiger partial charge in [0.15, 0.2) is 0 Å². The first-order chi connectivity index (χ1) is 11.3. The van der Waals surface area contributed by atoms with Gasteiger partial charge in [-0.3, -0.25) is 4.79 Å². The molecule has 0 aliphatic heterocycles. The number of aliphatic hydroxyl groups excluding tert-OH is 2. The third kappa shape index (κ3) is 4.00. The van der Waals surface area contributed by atoms with E-state index in [-0.39, 0.29) is 19.0 Å². The molecule has 2 N–H and O–H groups in total. The van der Waals surface area contributed by atoms with Gasteiger partial charge in [0.1, 0.15) is 5.78 Å². The molecule has 3 nitrogen and oxygen atoms in total. The van der Waals surface area contributed by atoms with E-state index in [4.69, 9.17) is 0 Å². The maximum absolute atomic E-state index is 13.5. The molecule has 0 bridgehead atoms. The number of rotatable bonds is 3. The Kier molecular flexibility index (Phi) is 6.44. The normalized spacial score (nSPS) is 29.8. The number of carbonyl (C=O) groups excluding carboxylic acids is 1. The monoisotopic (exact) mass is 334 g/mol. The Morgan fingerprint density at radius 3 is 2.12 bits per heavy atom. The number of hydrogen-bond donors (Lipinski definition) is 2. The molecular weight excluding hydrogens is 300 g/mol. The van der Waals surface area contributed by atoms with Gasteiger partial charge >= 0.3 is 0 Å². The molecule has 136 valence electrons. The molecule has 2 aliphatic rings. The van der Waals surface area contributed by atoms with Gasteiger partial charge in [0.05, 0.1) is 13.2 Å². The fourth-order valence-electron chi connectivity index (χ4n) is 4.62. The Labute approximate surface area is 146 Å². The third-order valence-electron chi connectivity index (χ3n) is 6.16. The summed E-state index contributed by atoms with van der Waals surface area (Å²) in [5.41, 5.74) is 0.546. The molecule has 1 unspecified atom stereocenters. The molecule has 3 heteroatoms. The molecule has 2 rings (SSSR count). The van der Waals surface area contributed by atoms with E-state index in [1.54, 1.807) is 0 Å². The van der Waals surface area contributed by atoms with Crippen molar-refractivity contribution in [2.24, 2.45) is 16.7 Å². The minimum atomic E-state index is -0.527. The van der Waals surface area contributed by atoms with Crippen molar-refractivity contribution in [3.05, 3.63) is 23.3 Å². The zero-order valence-corrected chi connectivity index (χ0v) is 15.6. The van der Waals surface area contributed by atoms with E-state index in [0.29, 0.717) is 12.3 Å². The van der Waals surface area contributed by atoms with Gasteiger partial charge in [0, 0.05) is 10.8 Å². The van der Waals surface area contributed by atoms with Gasteiger partial charge in [-0.2, -0.15) is 0 Å². The standard InChI is InChI=1S/C21H34O3/c1-20(2)13-17(15-23)16(14-22)11-12-21(3,19(20)24)18-9-7-5-4-6-8-10-18/h11-12,18,22-23H,4-10,13-15H2,1-3H3. The van der Waals surface area contributed by atoms with Crippen LogP contribution in [0.1, 0.15) is 72.1 Å². The highest BCUT2D eigenvalue weighted by Gasteiger charge is 2.46. The lowest BCUT2D eigenvalue weighted by Gasteiger charge is -2.42. The van der Waals surface area contributed by atoms with Crippen molar-refractivity contribution in [2.45, 2.75) is 72.1 Å². The van der Waals surface area contributed by atoms with Crippen LogP contribution in [0.15, 0.2) is 23.3 Å². The Morgan fingerprint density at radius 2 is 1.58 bits per heavy atom. The van der Waals surface area contributed by atoms with Crippen LogP contribution in [0.2, 0.25) is 0 Å². The SMILES string of the molecule is CC1(C)CC(CO)=C(CO)C=CC(C)(C2CCCCCCC2)C1=O. The van der Waals surface area contributed by atoms with Crippen molar-refractivity contribution < 1.29 is 15.0 Å². The molecule has 1 fully saturated rings. The highest BCUT2D eigenvalue weighted by Crippen LogP contribution is 2.46. The fraction of sp³-hybridized carbons (Fsp3) is 0.762. The fourth-order valence-corrected chi connectivity index (χ4v) is 4.62. The second-order valence-electron chi connectivity index (χ2n) is 8.49. The molecule has 2 aliphatic carbocycles. The lowest BCUT2D eigenvalue weighted by molar-refractivity contribution is -0.137. The number of ketones is 1. The number of hydrogen-bond acceptors (Lipinski definition) is 3. The predicted molar refractivity (Wildman–Crippen MR) is 97.7 cm³/mol. The van der Waals surface area contributed by atoms with Crippen LogP contribution in [0.4, 0.5) is 0 Å². The second-order valence-corrected chi connectivity index (χ2v) is 8.49. The van der Waals surface area contributed by atoms with E-state index in [9.17, 15) is 15.0 Å². The molecule has 0 aromatic rings. The zero-order chi connectivity index (χ0) is 17.8. The van der Waals surface area contributed by atoms with Gasteiger partial charge in [0.2, 0.25) is 0 Å². The number of carbonyl (C=O) groups is 1. The molecule has 0 amide bonds. The van der Waals surface area contributed by atoms with Crippen molar-refractivity contribution in [2.75, 3.05) is 13.2 Å². The maximum Gasteiger partial charge on any atom is 0.148 e. The maximum atomic E-state index is 13.5. The summed E-state index contributed by atoms with van der Waals surface area (Å²) in [5.74, 6) is 0.649. The molecular formula is C21H34O3. The van der Waals surface area contributed by atoms with Crippen molar-refractivity contribution in [3.8, 4) is 0 Å². The summed E-state index contributed by atoms with van der Waals surface area (Å²) in [4.78, 5) is 13.5. The Morgan fingerprint density at radius 1 is 1.00 bits per heavy atom. The van der Waals surface area contributed by atoms with Crippen LogP contribution in [-0.2, 0) is 4.79 Å². The first kappa shape index (κ1) is 19.4. The summed E-state index contributed by atoms with van der Waals surface area (Å²) in [7, 11) is 0. The summed E-state index contributed by atoms with van der Waals surface area (Å²) in [6.07, 6.45) is 12.9. The van der Waals surface area contributed by atoms with Crippen molar-refractivity contribution in [1.29, 1.82) is 0 Å². The Bertz CT molecular complexity index is 507. The average molecular weight is 335 g/mol. The van der Waals surface area contributed by atoms with Gasteiger partial charge in [-0.05, 0) is 43.3 Å². The quantitative estimate of drug-likeness (QED) is 0.813. The van der Waals surface area contributed by atoms with Crippen LogP contribution in [0.25, 0.3) is 0 Å². The Hall–Kier alpha value is -0.930. The molecule has 0 radical (unpaired) electrons. The van der Waals surface area contributed by atoms with Gasteiger partial charge in [0.25, 0.3) is 0 Å². The van der Waals surface area contributed by atoms with Crippen molar-refractivity contribution in [1.82, 2.24) is 0 Å². The first-order valence-corrected chi connectivity index (χ1v) is 9.52. The van der Waals surface area contributed by atoms with Crippen LogP contribution in [0.3, 0.4) is 0 Å². The molecule has 1 saturated carbocycles. The van der Waals surface area contributed by atoms with Crippen LogP contribution in [0.5, 0.6) is 0 Å². The van der Waals surface area contributed by atoms with Crippen LogP contribution < -0.4 is 0 Å². The lowest BCUT2D eigenvalue weighted by Crippen LogP contribution is -2.44. The van der Waals surface area contributed by atoms with Crippen molar-refractivity contribution >= 4 is 5.78 Å². The summed E-state index contributed by atoms with van der Waals surface area (Å²) in [6, 6.07) is 0. The van der Waals surface area contributed by atoms with Crippen LogP contribution in [-0.4, -0.2) is 29.2 Å². The minimum Gasteiger partial charge on any atom is -0.392 e. The first-order valence-electron chi connectivity index (χ1n) is 9.52. The van der Waals surface area contributed by atoms with Crippen LogP contribution >= 0.6 is 0 Å². The van der Waals surface area contributed by atoms with Crippen LogP contribution in [0, 0.1) is 16.7 Å².